The second-order valence-corrected chi connectivity index (χ2v) is 17.9. The molecule has 5 aliphatic carbocycles. The Morgan fingerprint density at radius 3 is 1.98 bits per heavy atom. The molecule has 7 N–H and O–H groups in total. The van der Waals surface area contributed by atoms with Crippen molar-refractivity contribution >= 4 is 5.97 Å². The van der Waals surface area contributed by atoms with Gasteiger partial charge in [0.25, 0.3) is 0 Å². The second-order valence-electron chi connectivity index (χ2n) is 17.9. The van der Waals surface area contributed by atoms with Crippen LogP contribution < -0.4 is 0 Å². The molecule has 6 fully saturated rings. The predicted molar refractivity (Wildman–Crippen MR) is 168 cm³/mol. The standard InChI is InChI=1S/C36H60O10/c1-31-13-9-20(36(6,44)30(42)43)19(31)10-15-34(4)23(31)7-8-24-32(2)14-12-25(38)33(3,22(32)11-16-35(24,34)5)18-45-29-28(41)27(40)26(39)21(17-37)46-29/h19-29,37-41,44H,7-18H2,1-6H3,(H,42,43)/t19-,20-,21-,22+,23+,24-,25-,26+,27+,28+,29-,31-,32-,33-,34+,35-,36-/m0/s1. The van der Waals surface area contributed by atoms with Crippen LogP contribution in [0.4, 0.5) is 0 Å². The fourth-order valence-electron chi connectivity index (χ4n) is 13.5. The van der Waals surface area contributed by atoms with E-state index in [9.17, 15) is 40.5 Å². The first-order valence-corrected chi connectivity index (χ1v) is 17.9. The third kappa shape index (κ3) is 4.60. The number of rotatable bonds is 6. The van der Waals surface area contributed by atoms with Crippen molar-refractivity contribution in [3.63, 3.8) is 0 Å². The maximum Gasteiger partial charge on any atom is 0.335 e. The van der Waals surface area contributed by atoms with Crippen LogP contribution >= 0.6 is 0 Å². The van der Waals surface area contributed by atoms with Crippen LogP contribution in [-0.4, -0.2) is 97.3 Å². The quantitative estimate of drug-likeness (QED) is 0.226. The summed E-state index contributed by atoms with van der Waals surface area (Å²) in [6.07, 6.45) is 1.96. The molecule has 1 heterocycles. The maximum atomic E-state index is 12.1. The smallest absolute Gasteiger partial charge is 0.335 e. The van der Waals surface area contributed by atoms with E-state index in [1.165, 1.54) is 6.92 Å². The lowest BCUT2D eigenvalue weighted by Gasteiger charge is -2.73. The molecule has 0 amide bonds. The van der Waals surface area contributed by atoms with E-state index in [2.05, 4.69) is 34.6 Å². The van der Waals surface area contributed by atoms with Gasteiger partial charge in [-0.2, -0.15) is 0 Å². The fourth-order valence-corrected chi connectivity index (χ4v) is 13.5. The highest BCUT2D eigenvalue weighted by atomic mass is 16.7. The molecule has 0 aromatic heterocycles. The number of aliphatic hydroxyl groups excluding tert-OH is 5. The summed E-state index contributed by atoms with van der Waals surface area (Å²) < 4.78 is 11.8. The van der Waals surface area contributed by atoms with E-state index in [1.807, 2.05) is 0 Å². The highest BCUT2D eigenvalue weighted by Gasteiger charge is 2.72. The van der Waals surface area contributed by atoms with Crippen molar-refractivity contribution in [3.8, 4) is 0 Å². The molecular formula is C36H60O10. The summed E-state index contributed by atoms with van der Waals surface area (Å²) >= 11 is 0. The molecule has 10 heteroatoms. The third-order valence-corrected chi connectivity index (χ3v) is 16.3. The summed E-state index contributed by atoms with van der Waals surface area (Å²) in [5.74, 6) is -0.127. The lowest BCUT2D eigenvalue weighted by Crippen LogP contribution is -2.68. The van der Waals surface area contributed by atoms with Crippen molar-refractivity contribution in [1.82, 2.24) is 0 Å². The first-order chi connectivity index (χ1) is 21.3. The molecule has 264 valence electrons. The molecule has 6 rings (SSSR count). The Balaban J connectivity index is 1.25. The van der Waals surface area contributed by atoms with Gasteiger partial charge in [0, 0.05) is 11.3 Å². The van der Waals surface area contributed by atoms with Crippen LogP contribution in [0.2, 0.25) is 0 Å². The Labute approximate surface area is 273 Å². The molecule has 0 radical (unpaired) electrons. The zero-order valence-corrected chi connectivity index (χ0v) is 28.7. The van der Waals surface area contributed by atoms with Crippen LogP contribution in [0.1, 0.15) is 106 Å². The number of carboxylic acids is 1. The van der Waals surface area contributed by atoms with Gasteiger partial charge in [0.15, 0.2) is 11.9 Å². The first-order valence-electron chi connectivity index (χ1n) is 17.9. The van der Waals surface area contributed by atoms with Gasteiger partial charge in [0.05, 0.1) is 19.3 Å². The van der Waals surface area contributed by atoms with Gasteiger partial charge in [0.2, 0.25) is 0 Å². The van der Waals surface area contributed by atoms with E-state index in [4.69, 9.17) is 9.47 Å². The highest BCUT2D eigenvalue weighted by Crippen LogP contribution is 2.78. The van der Waals surface area contributed by atoms with E-state index < -0.39 is 60.4 Å². The summed E-state index contributed by atoms with van der Waals surface area (Å²) in [4.78, 5) is 12.1. The van der Waals surface area contributed by atoms with Crippen molar-refractivity contribution in [3.05, 3.63) is 0 Å². The number of carbonyl (C=O) groups is 1. The van der Waals surface area contributed by atoms with Crippen LogP contribution in [0.5, 0.6) is 0 Å². The fraction of sp³-hybridized carbons (Fsp3) is 0.972. The third-order valence-electron chi connectivity index (χ3n) is 16.3. The van der Waals surface area contributed by atoms with E-state index >= 15 is 0 Å². The van der Waals surface area contributed by atoms with Gasteiger partial charge in [0.1, 0.15) is 24.4 Å². The Hall–Kier alpha value is -0.850. The van der Waals surface area contributed by atoms with Gasteiger partial charge in [-0.05, 0) is 116 Å². The summed E-state index contributed by atoms with van der Waals surface area (Å²) in [5.41, 5.74) is -2.29. The molecule has 0 aromatic rings. The summed E-state index contributed by atoms with van der Waals surface area (Å²) in [5, 5.41) is 73.4. The van der Waals surface area contributed by atoms with Crippen LogP contribution in [0.25, 0.3) is 0 Å². The Morgan fingerprint density at radius 2 is 1.37 bits per heavy atom. The number of fused-ring (bicyclic) bond motifs is 7. The van der Waals surface area contributed by atoms with Gasteiger partial charge in [-0.3, -0.25) is 0 Å². The molecule has 6 aliphatic rings. The second kappa shape index (κ2) is 11.3. The molecule has 1 aliphatic heterocycles. The van der Waals surface area contributed by atoms with Gasteiger partial charge >= 0.3 is 5.97 Å². The molecule has 10 nitrogen and oxygen atoms in total. The van der Waals surface area contributed by atoms with Crippen LogP contribution in [0.3, 0.4) is 0 Å². The lowest BCUT2D eigenvalue weighted by molar-refractivity contribution is -0.317. The SMILES string of the molecule is C[C@]1(CO[C@H]2O[C@@H](CO)[C@@H](O)[C@@H](O)[C@H]2O)[C@@H]2CC[C@@]3(C)[C@@H](CC[C@@H]4[C@@]5(C)CC[C@H]([C@](C)(O)C(=O)O)[C@@H]5CC[C@]43C)[C@@]2(C)CC[C@@H]1O. The summed E-state index contributed by atoms with van der Waals surface area (Å²) in [7, 11) is 0. The number of hydrogen-bond acceptors (Lipinski definition) is 9. The van der Waals surface area contributed by atoms with Crippen molar-refractivity contribution < 1.29 is 50.0 Å². The minimum Gasteiger partial charge on any atom is -0.479 e. The zero-order valence-electron chi connectivity index (χ0n) is 28.7. The van der Waals surface area contributed by atoms with Gasteiger partial charge in [-0.15, -0.1) is 0 Å². The zero-order chi connectivity index (χ0) is 33.8. The monoisotopic (exact) mass is 652 g/mol. The molecule has 0 unspecified atom stereocenters. The number of ether oxygens (including phenoxy) is 2. The molecule has 0 bridgehead atoms. The van der Waals surface area contributed by atoms with Crippen LogP contribution in [0.15, 0.2) is 0 Å². The predicted octanol–water partition coefficient (Wildman–Crippen LogP) is 3.08. The topological polar surface area (TPSA) is 177 Å². The van der Waals surface area contributed by atoms with E-state index in [-0.39, 0.29) is 46.0 Å². The first kappa shape index (κ1) is 35.0. The van der Waals surface area contributed by atoms with Crippen LogP contribution in [-0.2, 0) is 14.3 Å². The van der Waals surface area contributed by atoms with Crippen molar-refractivity contribution in [1.29, 1.82) is 0 Å². The molecule has 1 saturated heterocycles. The average Bonchev–Trinajstić information content (AvgIpc) is 3.36. The molecule has 5 saturated carbocycles. The number of aliphatic carboxylic acids is 1. The van der Waals surface area contributed by atoms with Crippen molar-refractivity contribution in [2.45, 2.75) is 148 Å². The Kier molecular flexibility index (Phi) is 8.62. The minimum absolute atomic E-state index is 0.0145. The van der Waals surface area contributed by atoms with Crippen LogP contribution in [0, 0.1) is 56.7 Å². The van der Waals surface area contributed by atoms with Gasteiger partial charge in [-0.1, -0.05) is 34.6 Å². The van der Waals surface area contributed by atoms with E-state index in [1.54, 1.807) is 0 Å². The Bertz CT molecular complexity index is 1180. The van der Waals surface area contributed by atoms with Crippen molar-refractivity contribution in [2.24, 2.45) is 56.7 Å². The normalized spacial score (nSPS) is 56.6. The molecule has 0 spiro atoms. The highest BCUT2D eigenvalue weighted by molar-refractivity contribution is 5.77. The van der Waals surface area contributed by atoms with Gasteiger partial charge < -0.3 is 45.2 Å². The minimum atomic E-state index is -1.71. The average molecular weight is 653 g/mol. The largest absolute Gasteiger partial charge is 0.479 e. The number of carboxylic acid groups (broad SMARTS) is 1. The summed E-state index contributed by atoms with van der Waals surface area (Å²) in [6, 6.07) is 0. The number of aliphatic hydroxyl groups is 6. The van der Waals surface area contributed by atoms with Crippen molar-refractivity contribution in [2.75, 3.05) is 13.2 Å². The van der Waals surface area contributed by atoms with E-state index in [0.29, 0.717) is 18.3 Å². The van der Waals surface area contributed by atoms with E-state index in [0.717, 1.165) is 57.8 Å². The molecular weight excluding hydrogens is 592 g/mol. The molecule has 46 heavy (non-hydrogen) atoms. The number of hydrogen-bond donors (Lipinski definition) is 7. The Morgan fingerprint density at radius 1 is 0.783 bits per heavy atom. The maximum absolute atomic E-state index is 12.1. The van der Waals surface area contributed by atoms with Gasteiger partial charge in [-0.25, -0.2) is 4.79 Å². The molecule has 17 atom stereocenters. The molecule has 0 aromatic carbocycles. The lowest BCUT2D eigenvalue weighted by atomic mass is 9.31. The summed E-state index contributed by atoms with van der Waals surface area (Å²) in [6.45, 7) is 13.0.